The van der Waals surface area contributed by atoms with E-state index in [2.05, 4.69) is 34.6 Å². The molecule has 0 spiro atoms. The second-order valence-corrected chi connectivity index (χ2v) is 5.51. The number of aryl methyl sites for hydroxylation is 1. The smallest absolute Gasteiger partial charge is 0.270 e. The number of aromatic nitrogens is 1. The van der Waals surface area contributed by atoms with Crippen LogP contribution in [0, 0.1) is 0 Å². The predicted molar refractivity (Wildman–Crippen MR) is 83.0 cm³/mol. The number of carbonyl (C=O) groups excluding carboxylic acids is 1. The van der Waals surface area contributed by atoms with Gasteiger partial charge in [-0.2, -0.15) is 0 Å². The molecule has 0 bridgehead atoms. The summed E-state index contributed by atoms with van der Waals surface area (Å²) in [4.78, 5) is 16.3. The number of nitrogen functional groups attached to an aromatic ring is 1. The van der Waals surface area contributed by atoms with Crippen molar-refractivity contribution >= 4 is 11.6 Å². The van der Waals surface area contributed by atoms with E-state index >= 15 is 0 Å². The lowest BCUT2D eigenvalue weighted by molar-refractivity contribution is 0.0930. The lowest BCUT2D eigenvalue weighted by Gasteiger charge is -2.16. The van der Waals surface area contributed by atoms with Crippen LogP contribution in [0.3, 0.4) is 0 Å². The normalized spacial score (nSPS) is 17.6. The molecule has 1 heterocycles. The molecular formula is C17H19N3O. The molecule has 4 nitrogen and oxygen atoms in total. The molecule has 1 unspecified atom stereocenters. The fraction of sp³-hybridized carbons (Fsp3) is 0.294. The average molecular weight is 281 g/mol. The Morgan fingerprint density at radius 3 is 2.86 bits per heavy atom. The van der Waals surface area contributed by atoms with Gasteiger partial charge in [0.15, 0.2) is 0 Å². The maximum absolute atomic E-state index is 12.3. The highest BCUT2D eigenvalue weighted by atomic mass is 16.1. The maximum Gasteiger partial charge on any atom is 0.270 e. The van der Waals surface area contributed by atoms with Gasteiger partial charge in [-0.3, -0.25) is 9.78 Å². The third-order valence-electron chi connectivity index (χ3n) is 3.94. The van der Waals surface area contributed by atoms with E-state index in [0.29, 0.717) is 11.4 Å². The molecule has 1 aliphatic rings. The molecule has 3 rings (SSSR count). The Hall–Kier alpha value is -2.36. The van der Waals surface area contributed by atoms with E-state index in [9.17, 15) is 4.79 Å². The molecule has 3 N–H and O–H groups in total. The average Bonchev–Trinajstić information content (AvgIpc) is 2.68. The zero-order valence-corrected chi connectivity index (χ0v) is 11.9. The fourth-order valence-corrected chi connectivity index (χ4v) is 2.86. The summed E-state index contributed by atoms with van der Waals surface area (Å²) in [6.07, 6.45) is 5.60. The van der Waals surface area contributed by atoms with Crippen molar-refractivity contribution in [1.29, 1.82) is 0 Å². The van der Waals surface area contributed by atoms with E-state index < -0.39 is 0 Å². The lowest BCUT2D eigenvalue weighted by atomic mass is 10.0. The van der Waals surface area contributed by atoms with Crippen LogP contribution in [0.1, 0.15) is 34.5 Å². The highest BCUT2D eigenvalue weighted by Gasteiger charge is 2.19. The van der Waals surface area contributed by atoms with Crippen molar-refractivity contribution in [2.75, 3.05) is 5.73 Å². The van der Waals surface area contributed by atoms with Crippen molar-refractivity contribution in [1.82, 2.24) is 10.3 Å². The highest BCUT2D eigenvalue weighted by molar-refractivity contribution is 5.93. The summed E-state index contributed by atoms with van der Waals surface area (Å²) >= 11 is 0. The molecule has 4 heteroatoms. The molecule has 0 saturated heterocycles. The molecule has 21 heavy (non-hydrogen) atoms. The SMILES string of the molecule is Nc1ccnc(C(=O)NC2CCCc3ccccc3C2)c1. The first kappa shape index (κ1) is 13.6. The zero-order valence-electron chi connectivity index (χ0n) is 11.9. The number of pyridine rings is 1. The highest BCUT2D eigenvalue weighted by Crippen LogP contribution is 2.20. The Morgan fingerprint density at radius 2 is 2.05 bits per heavy atom. The van der Waals surface area contributed by atoms with Gasteiger partial charge in [-0.05, 0) is 48.9 Å². The first-order chi connectivity index (χ1) is 10.2. The summed E-state index contributed by atoms with van der Waals surface area (Å²) in [7, 11) is 0. The van der Waals surface area contributed by atoms with Gasteiger partial charge in [-0.1, -0.05) is 24.3 Å². The largest absolute Gasteiger partial charge is 0.399 e. The van der Waals surface area contributed by atoms with Crippen LogP contribution in [0.25, 0.3) is 0 Å². The molecule has 108 valence electrons. The topological polar surface area (TPSA) is 68.0 Å². The number of nitrogens with two attached hydrogens (primary N) is 1. The van der Waals surface area contributed by atoms with Crippen LogP contribution in [-0.2, 0) is 12.8 Å². The number of benzene rings is 1. The molecule has 1 aromatic heterocycles. The van der Waals surface area contributed by atoms with Crippen LogP contribution < -0.4 is 11.1 Å². The van der Waals surface area contributed by atoms with Gasteiger partial charge >= 0.3 is 0 Å². The molecule has 1 aromatic carbocycles. The second kappa shape index (κ2) is 5.95. The lowest BCUT2D eigenvalue weighted by Crippen LogP contribution is -2.36. The first-order valence-corrected chi connectivity index (χ1v) is 7.31. The van der Waals surface area contributed by atoms with Gasteiger partial charge in [0.25, 0.3) is 5.91 Å². The van der Waals surface area contributed by atoms with Gasteiger partial charge < -0.3 is 11.1 Å². The number of hydrogen-bond donors (Lipinski definition) is 2. The molecule has 0 fully saturated rings. The molecule has 1 aliphatic carbocycles. The number of nitrogens with one attached hydrogen (secondary N) is 1. The quantitative estimate of drug-likeness (QED) is 0.830. The van der Waals surface area contributed by atoms with Crippen molar-refractivity contribution in [2.45, 2.75) is 31.7 Å². The van der Waals surface area contributed by atoms with E-state index in [1.54, 1.807) is 18.3 Å². The van der Waals surface area contributed by atoms with Gasteiger partial charge in [0.2, 0.25) is 0 Å². The summed E-state index contributed by atoms with van der Waals surface area (Å²) in [6.45, 7) is 0. The minimum atomic E-state index is -0.147. The third kappa shape index (κ3) is 3.21. The maximum atomic E-state index is 12.3. The first-order valence-electron chi connectivity index (χ1n) is 7.31. The number of amides is 1. The van der Waals surface area contributed by atoms with Crippen molar-refractivity contribution in [2.24, 2.45) is 0 Å². The minimum Gasteiger partial charge on any atom is -0.399 e. The Bertz CT molecular complexity index is 654. The molecule has 1 atom stereocenters. The van der Waals surface area contributed by atoms with Crippen molar-refractivity contribution < 1.29 is 4.79 Å². The van der Waals surface area contributed by atoms with Gasteiger partial charge in [0.05, 0.1) is 0 Å². The molecule has 0 radical (unpaired) electrons. The molecule has 1 amide bonds. The fourth-order valence-electron chi connectivity index (χ4n) is 2.86. The van der Waals surface area contributed by atoms with E-state index in [1.807, 2.05) is 0 Å². The summed E-state index contributed by atoms with van der Waals surface area (Å²) in [5.41, 5.74) is 9.37. The van der Waals surface area contributed by atoms with Gasteiger partial charge in [-0.25, -0.2) is 0 Å². The Morgan fingerprint density at radius 1 is 1.24 bits per heavy atom. The molecule has 0 saturated carbocycles. The van der Waals surface area contributed by atoms with Crippen molar-refractivity contribution in [3.63, 3.8) is 0 Å². The molecule has 2 aromatic rings. The van der Waals surface area contributed by atoms with Crippen LogP contribution in [0.2, 0.25) is 0 Å². The second-order valence-electron chi connectivity index (χ2n) is 5.51. The van der Waals surface area contributed by atoms with Gasteiger partial charge in [0, 0.05) is 17.9 Å². The number of hydrogen-bond acceptors (Lipinski definition) is 3. The number of carbonyl (C=O) groups is 1. The van der Waals surface area contributed by atoms with E-state index in [1.165, 1.54) is 11.1 Å². The van der Waals surface area contributed by atoms with Crippen LogP contribution in [0.15, 0.2) is 42.6 Å². The monoisotopic (exact) mass is 281 g/mol. The number of anilines is 1. The Balaban J connectivity index is 1.72. The minimum absolute atomic E-state index is 0.147. The number of fused-ring (bicyclic) bond motifs is 1. The Kier molecular flexibility index (Phi) is 3.86. The van der Waals surface area contributed by atoms with E-state index in [0.717, 1.165) is 25.7 Å². The van der Waals surface area contributed by atoms with Gasteiger partial charge in [-0.15, -0.1) is 0 Å². The van der Waals surface area contributed by atoms with E-state index in [4.69, 9.17) is 5.73 Å². The van der Waals surface area contributed by atoms with Crippen LogP contribution in [0.5, 0.6) is 0 Å². The van der Waals surface area contributed by atoms with Crippen LogP contribution in [-0.4, -0.2) is 16.9 Å². The predicted octanol–water partition coefficient (Wildman–Crippen LogP) is 2.34. The summed E-state index contributed by atoms with van der Waals surface area (Å²) < 4.78 is 0. The summed E-state index contributed by atoms with van der Waals surface area (Å²) in [5, 5.41) is 3.09. The standard InChI is InChI=1S/C17H19N3O/c18-14-8-9-19-16(11-14)17(21)20-15-7-3-6-12-4-1-2-5-13(12)10-15/h1-2,4-5,8-9,11,15H,3,6-7,10H2,(H2,18,19)(H,20,21). The number of rotatable bonds is 2. The van der Waals surface area contributed by atoms with Crippen LogP contribution >= 0.6 is 0 Å². The molecule has 0 aliphatic heterocycles. The third-order valence-corrected chi connectivity index (χ3v) is 3.94. The van der Waals surface area contributed by atoms with Crippen molar-refractivity contribution in [3.05, 3.63) is 59.4 Å². The molecular weight excluding hydrogens is 262 g/mol. The van der Waals surface area contributed by atoms with E-state index in [-0.39, 0.29) is 11.9 Å². The zero-order chi connectivity index (χ0) is 14.7. The summed E-state index contributed by atoms with van der Waals surface area (Å²) in [6, 6.07) is 11.9. The Labute approximate surface area is 124 Å². The van der Waals surface area contributed by atoms with Crippen molar-refractivity contribution in [3.8, 4) is 0 Å². The summed E-state index contributed by atoms with van der Waals surface area (Å²) in [5.74, 6) is -0.147. The number of nitrogens with zero attached hydrogens (tertiary/aromatic N) is 1. The van der Waals surface area contributed by atoms with Crippen LogP contribution in [0.4, 0.5) is 5.69 Å². The van der Waals surface area contributed by atoms with Gasteiger partial charge in [0.1, 0.15) is 5.69 Å².